The largest absolute Gasteiger partial charge is 0.356 e. The molecule has 19 heavy (non-hydrogen) atoms. The van der Waals surface area contributed by atoms with Crippen LogP contribution >= 0.6 is 11.6 Å². The molecule has 0 spiro atoms. The van der Waals surface area contributed by atoms with E-state index >= 15 is 0 Å². The highest BCUT2D eigenvalue weighted by Gasteiger charge is 2.21. The molecule has 0 bridgehead atoms. The Morgan fingerprint density at radius 2 is 2.11 bits per heavy atom. The summed E-state index contributed by atoms with van der Waals surface area (Å²) in [4.78, 5) is 30.0. The average Bonchev–Trinajstić information content (AvgIpc) is 2.85. The maximum Gasteiger partial charge on any atom is 0.270 e. The van der Waals surface area contributed by atoms with Crippen molar-refractivity contribution in [1.82, 2.24) is 20.1 Å². The summed E-state index contributed by atoms with van der Waals surface area (Å²) in [5.74, 6) is -0.273. The van der Waals surface area contributed by atoms with Crippen LogP contribution in [0.15, 0.2) is 12.3 Å². The van der Waals surface area contributed by atoms with Gasteiger partial charge < -0.3 is 20.1 Å². The van der Waals surface area contributed by atoms with Gasteiger partial charge in [-0.2, -0.15) is 0 Å². The van der Waals surface area contributed by atoms with Gasteiger partial charge in [0.25, 0.3) is 5.91 Å². The van der Waals surface area contributed by atoms with Gasteiger partial charge in [0.1, 0.15) is 5.69 Å². The molecule has 1 aliphatic rings. The molecule has 2 rings (SSSR count). The number of halogens is 1. The van der Waals surface area contributed by atoms with Crippen LogP contribution in [0.1, 0.15) is 10.5 Å². The van der Waals surface area contributed by atoms with Crippen molar-refractivity contribution >= 4 is 23.4 Å². The molecule has 2 heterocycles. The fourth-order valence-corrected chi connectivity index (χ4v) is 2.15. The van der Waals surface area contributed by atoms with E-state index < -0.39 is 0 Å². The topological polar surface area (TPSA) is 68.4 Å². The second-order valence-electron chi connectivity index (χ2n) is 4.52. The van der Waals surface area contributed by atoms with Gasteiger partial charge in [-0.3, -0.25) is 9.59 Å². The van der Waals surface area contributed by atoms with Crippen molar-refractivity contribution < 1.29 is 9.59 Å². The van der Waals surface area contributed by atoms with E-state index in [0.29, 0.717) is 23.8 Å². The molecule has 1 aromatic rings. The average molecular weight is 285 g/mol. The zero-order chi connectivity index (χ0) is 13.8. The number of nitrogens with zero attached hydrogens (tertiary/aromatic N) is 2. The molecule has 0 unspecified atom stereocenters. The first-order chi connectivity index (χ1) is 9.08. The van der Waals surface area contributed by atoms with Crippen LogP contribution in [0.4, 0.5) is 0 Å². The van der Waals surface area contributed by atoms with Crippen molar-refractivity contribution in [2.75, 3.05) is 39.8 Å². The molecule has 7 heteroatoms. The first-order valence-corrected chi connectivity index (χ1v) is 6.53. The van der Waals surface area contributed by atoms with Gasteiger partial charge in [0.2, 0.25) is 5.91 Å². The smallest absolute Gasteiger partial charge is 0.270 e. The Labute approximate surface area is 116 Å². The highest BCUT2D eigenvalue weighted by atomic mass is 35.5. The van der Waals surface area contributed by atoms with Crippen molar-refractivity contribution in [3.8, 4) is 0 Å². The third kappa shape index (κ3) is 3.48. The van der Waals surface area contributed by atoms with Crippen molar-refractivity contribution in [3.63, 3.8) is 0 Å². The fourth-order valence-electron chi connectivity index (χ4n) is 1.99. The molecular weight excluding hydrogens is 268 g/mol. The predicted molar refractivity (Wildman–Crippen MR) is 72.2 cm³/mol. The number of H-pyrrole nitrogens is 1. The number of carbonyl (C=O) groups excluding carboxylic acids is 2. The second kappa shape index (κ2) is 6.08. The number of rotatable bonds is 3. The third-order valence-corrected chi connectivity index (χ3v) is 3.29. The van der Waals surface area contributed by atoms with Gasteiger partial charge in [-0.15, -0.1) is 0 Å². The number of aromatic nitrogens is 1. The third-order valence-electron chi connectivity index (χ3n) is 3.07. The molecule has 6 nitrogen and oxygen atoms in total. The van der Waals surface area contributed by atoms with Crippen molar-refractivity contribution in [2.24, 2.45) is 0 Å². The Kier molecular flexibility index (Phi) is 4.44. The second-order valence-corrected chi connectivity index (χ2v) is 4.96. The summed E-state index contributed by atoms with van der Waals surface area (Å²) < 4.78 is 0. The molecule has 1 aliphatic heterocycles. The monoisotopic (exact) mass is 284 g/mol. The summed E-state index contributed by atoms with van der Waals surface area (Å²) in [6.45, 7) is 3.06. The zero-order valence-electron chi connectivity index (χ0n) is 10.8. The Morgan fingerprint density at radius 1 is 1.42 bits per heavy atom. The maximum atomic E-state index is 12.0. The first kappa shape index (κ1) is 13.9. The van der Waals surface area contributed by atoms with Crippen LogP contribution in [-0.2, 0) is 4.79 Å². The van der Waals surface area contributed by atoms with E-state index in [-0.39, 0.29) is 18.4 Å². The molecule has 1 fully saturated rings. The van der Waals surface area contributed by atoms with Gasteiger partial charge >= 0.3 is 0 Å². The number of hydrogen-bond acceptors (Lipinski definition) is 3. The number of likely N-dealkylation sites (N-methyl/N-ethyl adjacent to an activating group) is 1. The number of nitrogens with one attached hydrogen (secondary N) is 2. The van der Waals surface area contributed by atoms with Crippen LogP contribution < -0.4 is 5.32 Å². The summed E-state index contributed by atoms with van der Waals surface area (Å²) in [7, 11) is 1.61. The van der Waals surface area contributed by atoms with Crippen molar-refractivity contribution in [2.45, 2.75) is 0 Å². The van der Waals surface area contributed by atoms with Gasteiger partial charge in [-0.25, -0.2) is 0 Å². The SMILES string of the molecule is CN(CC(=O)N1CCNCC1)C(=O)c1cc(Cl)c[nH]1. The Morgan fingerprint density at radius 3 is 2.68 bits per heavy atom. The van der Waals surface area contributed by atoms with Crippen LogP contribution in [0.2, 0.25) is 5.02 Å². The normalized spacial score (nSPS) is 15.4. The van der Waals surface area contributed by atoms with E-state index in [1.807, 2.05) is 0 Å². The Bertz CT molecular complexity index is 468. The zero-order valence-corrected chi connectivity index (χ0v) is 11.5. The Hall–Kier alpha value is -1.53. The Balaban J connectivity index is 1.91. The number of carbonyl (C=O) groups is 2. The lowest BCUT2D eigenvalue weighted by atomic mass is 10.3. The van der Waals surface area contributed by atoms with Crippen LogP contribution in [-0.4, -0.2) is 66.4 Å². The molecule has 0 radical (unpaired) electrons. The molecular formula is C12H17ClN4O2. The van der Waals surface area contributed by atoms with E-state index in [2.05, 4.69) is 10.3 Å². The van der Waals surface area contributed by atoms with Gasteiger partial charge in [-0.1, -0.05) is 11.6 Å². The van der Waals surface area contributed by atoms with Gasteiger partial charge in [0.15, 0.2) is 0 Å². The molecule has 0 aliphatic carbocycles. The first-order valence-electron chi connectivity index (χ1n) is 6.16. The summed E-state index contributed by atoms with van der Waals surface area (Å²) >= 11 is 5.75. The minimum absolute atomic E-state index is 0.0324. The summed E-state index contributed by atoms with van der Waals surface area (Å²) in [6.07, 6.45) is 1.54. The van der Waals surface area contributed by atoms with Gasteiger partial charge in [0.05, 0.1) is 11.6 Å². The lowest BCUT2D eigenvalue weighted by Crippen LogP contribution is -2.49. The molecule has 0 atom stereocenters. The number of aromatic amines is 1. The minimum Gasteiger partial charge on any atom is -0.356 e. The maximum absolute atomic E-state index is 12.0. The fraction of sp³-hybridized carbons (Fsp3) is 0.500. The molecule has 2 N–H and O–H groups in total. The minimum atomic E-state index is -0.240. The molecule has 0 aromatic carbocycles. The summed E-state index contributed by atoms with van der Waals surface area (Å²) in [6, 6.07) is 1.55. The van der Waals surface area contributed by atoms with Crippen LogP contribution in [0, 0.1) is 0 Å². The number of hydrogen-bond donors (Lipinski definition) is 2. The number of piperazine rings is 1. The van der Waals surface area contributed by atoms with E-state index in [1.165, 1.54) is 4.90 Å². The summed E-state index contributed by atoms with van der Waals surface area (Å²) in [5, 5.41) is 3.66. The standard InChI is InChI=1S/C12H17ClN4O2/c1-16(12(19)10-6-9(13)7-15-10)8-11(18)17-4-2-14-3-5-17/h6-7,14-15H,2-5,8H2,1H3. The van der Waals surface area contributed by atoms with Crippen molar-refractivity contribution in [1.29, 1.82) is 0 Å². The molecule has 104 valence electrons. The van der Waals surface area contributed by atoms with Gasteiger partial charge in [0, 0.05) is 39.4 Å². The highest BCUT2D eigenvalue weighted by molar-refractivity contribution is 6.30. The van der Waals surface area contributed by atoms with Crippen LogP contribution in [0.25, 0.3) is 0 Å². The van der Waals surface area contributed by atoms with Crippen LogP contribution in [0.3, 0.4) is 0 Å². The van der Waals surface area contributed by atoms with Crippen molar-refractivity contribution in [3.05, 3.63) is 23.0 Å². The lowest BCUT2D eigenvalue weighted by molar-refractivity contribution is -0.132. The van der Waals surface area contributed by atoms with Gasteiger partial charge in [-0.05, 0) is 6.07 Å². The molecule has 1 saturated heterocycles. The lowest BCUT2D eigenvalue weighted by Gasteiger charge is -2.29. The van der Waals surface area contributed by atoms with E-state index in [1.54, 1.807) is 24.2 Å². The molecule has 0 saturated carbocycles. The number of amides is 2. The highest BCUT2D eigenvalue weighted by Crippen LogP contribution is 2.11. The van der Waals surface area contributed by atoms with E-state index in [0.717, 1.165) is 13.1 Å². The van der Waals surface area contributed by atoms with Crippen LogP contribution in [0.5, 0.6) is 0 Å². The summed E-state index contributed by atoms with van der Waals surface area (Å²) in [5.41, 5.74) is 0.389. The molecule has 1 aromatic heterocycles. The molecule has 2 amide bonds. The van der Waals surface area contributed by atoms with E-state index in [4.69, 9.17) is 11.6 Å². The quantitative estimate of drug-likeness (QED) is 0.832. The van der Waals surface area contributed by atoms with E-state index in [9.17, 15) is 9.59 Å². The predicted octanol–water partition coefficient (Wildman–Crippen LogP) is 0.172.